The van der Waals surface area contributed by atoms with E-state index in [4.69, 9.17) is 10.5 Å². The average Bonchev–Trinajstić information content (AvgIpc) is 2.77. The quantitative estimate of drug-likeness (QED) is 0.437. The van der Waals surface area contributed by atoms with Crippen LogP contribution in [0.1, 0.15) is 12.5 Å². The fraction of sp³-hybridized carbons (Fsp3) is 0.458. The van der Waals surface area contributed by atoms with E-state index in [0.29, 0.717) is 35.2 Å². The second-order valence-electron chi connectivity index (χ2n) is 8.68. The summed E-state index contributed by atoms with van der Waals surface area (Å²) in [7, 11) is 7.50. The molecule has 0 saturated heterocycles. The van der Waals surface area contributed by atoms with Crippen molar-refractivity contribution < 1.29 is 17.9 Å². The van der Waals surface area contributed by atoms with Crippen LogP contribution in [0.25, 0.3) is 0 Å². The first kappa shape index (κ1) is 26.3. The molecule has 0 aromatic heterocycles. The molecule has 0 aliphatic carbocycles. The molecule has 1 aliphatic rings. The van der Waals surface area contributed by atoms with Gasteiger partial charge in [-0.25, -0.2) is 4.99 Å². The maximum Gasteiger partial charge on any atom is 0.406 e. The maximum atomic E-state index is 13.4. The number of nitrogen functional groups attached to an aromatic ring is 1. The van der Waals surface area contributed by atoms with Crippen molar-refractivity contribution in [2.24, 2.45) is 4.99 Å². The van der Waals surface area contributed by atoms with Crippen molar-refractivity contribution in [1.29, 1.82) is 0 Å². The number of para-hydroxylation sites is 1. The third kappa shape index (κ3) is 6.62. The predicted octanol–water partition coefficient (Wildman–Crippen LogP) is 3.56. The highest BCUT2D eigenvalue weighted by molar-refractivity contribution is 5.99. The molecule has 0 radical (unpaired) electrons. The van der Waals surface area contributed by atoms with E-state index in [1.807, 2.05) is 51.2 Å². The van der Waals surface area contributed by atoms with Crippen LogP contribution in [0.5, 0.6) is 5.75 Å². The van der Waals surface area contributed by atoms with Crippen LogP contribution >= 0.6 is 0 Å². The van der Waals surface area contributed by atoms with Gasteiger partial charge in [0.05, 0.1) is 24.2 Å². The lowest BCUT2D eigenvalue weighted by Gasteiger charge is -2.39. The first-order valence-corrected chi connectivity index (χ1v) is 11.4. The van der Waals surface area contributed by atoms with E-state index in [9.17, 15) is 13.2 Å². The minimum Gasteiger partial charge on any atom is -0.494 e. The van der Waals surface area contributed by atoms with Crippen LogP contribution in [0, 0.1) is 0 Å². The Bertz CT molecular complexity index is 1040. The van der Waals surface area contributed by atoms with Crippen molar-refractivity contribution >= 4 is 28.7 Å². The van der Waals surface area contributed by atoms with Crippen molar-refractivity contribution in [1.82, 2.24) is 10.2 Å². The SMILES string of the molecule is CCc1ccccc1N(CC(F)(F)F)C1N=C(Nc2cc(N)c(N(C)CCN(C)C)cc2OC)N1. The largest absolute Gasteiger partial charge is 0.494 e. The highest BCUT2D eigenvalue weighted by Gasteiger charge is 2.37. The molecule has 11 heteroatoms. The number of benzene rings is 2. The highest BCUT2D eigenvalue weighted by atomic mass is 19.4. The third-order valence-electron chi connectivity index (χ3n) is 5.74. The van der Waals surface area contributed by atoms with Crippen molar-refractivity contribution in [2.75, 3.05) is 68.7 Å². The molecule has 0 spiro atoms. The molecular weight excluding hydrogens is 459 g/mol. The van der Waals surface area contributed by atoms with Gasteiger partial charge in [0.15, 0.2) is 0 Å². The lowest BCUT2D eigenvalue weighted by molar-refractivity contribution is -0.121. The van der Waals surface area contributed by atoms with Gasteiger partial charge in [-0.3, -0.25) is 0 Å². The summed E-state index contributed by atoms with van der Waals surface area (Å²) in [5.41, 5.74) is 9.54. The van der Waals surface area contributed by atoms with E-state index in [0.717, 1.165) is 24.3 Å². The summed E-state index contributed by atoms with van der Waals surface area (Å²) in [5.74, 6) is 0.880. The molecule has 0 amide bonds. The topological polar surface area (TPSA) is 81.4 Å². The zero-order valence-electron chi connectivity index (χ0n) is 20.8. The Morgan fingerprint density at radius 1 is 1.11 bits per heavy atom. The molecule has 1 atom stereocenters. The van der Waals surface area contributed by atoms with Crippen LogP contribution < -0.4 is 30.9 Å². The summed E-state index contributed by atoms with van der Waals surface area (Å²) in [4.78, 5) is 9.71. The zero-order valence-corrected chi connectivity index (χ0v) is 20.8. The number of halogens is 3. The van der Waals surface area contributed by atoms with Gasteiger partial charge in [-0.05, 0) is 38.2 Å². The Hall–Kier alpha value is -3.34. The summed E-state index contributed by atoms with van der Waals surface area (Å²) in [6.07, 6.45) is -4.63. The molecule has 192 valence electrons. The first-order valence-electron chi connectivity index (χ1n) is 11.4. The average molecular weight is 494 g/mol. The van der Waals surface area contributed by atoms with Gasteiger partial charge in [-0.15, -0.1) is 0 Å². The van der Waals surface area contributed by atoms with E-state index < -0.39 is 19.0 Å². The Labute approximate surface area is 204 Å². The minimum absolute atomic E-state index is 0.336. The Balaban J connectivity index is 1.80. The van der Waals surface area contributed by atoms with Gasteiger partial charge in [-0.2, -0.15) is 13.2 Å². The maximum absolute atomic E-state index is 13.4. The summed E-state index contributed by atoms with van der Waals surface area (Å²) in [5, 5.41) is 6.08. The van der Waals surface area contributed by atoms with Crippen LogP contribution in [-0.2, 0) is 6.42 Å². The van der Waals surface area contributed by atoms with Crippen molar-refractivity contribution in [2.45, 2.75) is 25.8 Å². The van der Waals surface area contributed by atoms with Crippen LogP contribution in [0.15, 0.2) is 41.4 Å². The van der Waals surface area contributed by atoms with E-state index >= 15 is 0 Å². The van der Waals surface area contributed by atoms with E-state index in [1.54, 1.807) is 25.3 Å². The molecule has 3 rings (SSSR count). The van der Waals surface area contributed by atoms with E-state index in [1.165, 1.54) is 4.90 Å². The number of nitrogens with two attached hydrogens (primary N) is 1. The monoisotopic (exact) mass is 493 g/mol. The first-order chi connectivity index (χ1) is 16.5. The molecule has 1 heterocycles. The second kappa shape index (κ2) is 10.9. The summed E-state index contributed by atoms with van der Waals surface area (Å²) >= 11 is 0. The summed E-state index contributed by atoms with van der Waals surface area (Å²) < 4.78 is 45.6. The smallest absolute Gasteiger partial charge is 0.406 e. The number of rotatable bonds is 10. The van der Waals surface area contributed by atoms with Crippen LogP contribution in [0.2, 0.25) is 0 Å². The number of nitrogens with zero attached hydrogens (tertiary/aromatic N) is 4. The van der Waals surface area contributed by atoms with Gasteiger partial charge in [0.25, 0.3) is 0 Å². The lowest BCUT2D eigenvalue weighted by atomic mass is 10.1. The Morgan fingerprint density at radius 3 is 2.40 bits per heavy atom. The number of hydrogen-bond acceptors (Lipinski definition) is 8. The number of aryl methyl sites for hydroxylation is 1. The van der Waals surface area contributed by atoms with E-state index in [2.05, 4.69) is 20.5 Å². The van der Waals surface area contributed by atoms with E-state index in [-0.39, 0.29) is 0 Å². The van der Waals surface area contributed by atoms with Crippen molar-refractivity contribution in [3.63, 3.8) is 0 Å². The number of hydrogen-bond donors (Lipinski definition) is 3. The number of methoxy groups -OCH3 is 1. The molecule has 8 nitrogen and oxygen atoms in total. The molecule has 1 aliphatic heterocycles. The molecule has 0 saturated carbocycles. The predicted molar refractivity (Wildman–Crippen MR) is 136 cm³/mol. The van der Waals surface area contributed by atoms with Gasteiger partial charge < -0.3 is 35.8 Å². The fourth-order valence-electron chi connectivity index (χ4n) is 3.83. The highest BCUT2D eigenvalue weighted by Crippen LogP contribution is 2.36. The van der Waals surface area contributed by atoms with Gasteiger partial charge >= 0.3 is 6.18 Å². The number of nitrogens with one attached hydrogen (secondary N) is 2. The third-order valence-corrected chi connectivity index (χ3v) is 5.74. The normalized spacial score (nSPS) is 15.2. The number of anilines is 4. The van der Waals surface area contributed by atoms with Gasteiger partial charge in [0, 0.05) is 31.9 Å². The number of likely N-dealkylation sites (N-methyl/N-ethyl adjacent to an activating group) is 2. The fourth-order valence-corrected chi connectivity index (χ4v) is 3.83. The molecule has 2 aromatic carbocycles. The lowest BCUT2D eigenvalue weighted by Crippen LogP contribution is -2.59. The minimum atomic E-state index is -4.38. The van der Waals surface area contributed by atoms with Gasteiger partial charge in [-0.1, -0.05) is 25.1 Å². The number of alkyl halides is 3. The Kier molecular flexibility index (Phi) is 8.21. The van der Waals surface area contributed by atoms with Crippen LogP contribution in [0.4, 0.5) is 35.9 Å². The number of ether oxygens (including phenoxy) is 1. The molecule has 0 fully saturated rings. The molecule has 4 N–H and O–H groups in total. The van der Waals surface area contributed by atoms with Crippen LogP contribution in [-0.4, -0.2) is 71.2 Å². The van der Waals surface area contributed by atoms with Gasteiger partial charge in [0.2, 0.25) is 12.2 Å². The molecule has 0 bridgehead atoms. The standard InChI is InChI=1S/C24H34F3N7O/c1-6-16-9-7-8-10-19(16)34(15-24(25,26)27)23-30-22(31-23)29-18-13-17(28)20(14-21(18)35-5)33(4)12-11-32(2)3/h7-10,13-14,23H,6,11-12,15,28H2,1-5H3,(H2,29,30,31). The number of aliphatic imine (C=N–C) groups is 1. The van der Waals surface area contributed by atoms with Crippen molar-refractivity contribution in [3.05, 3.63) is 42.0 Å². The Morgan fingerprint density at radius 2 is 1.80 bits per heavy atom. The molecule has 1 unspecified atom stereocenters. The molecule has 2 aromatic rings. The zero-order chi connectivity index (χ0) is 25.8. The summed E-state index contributed by atoms with van der Waals surface area (Å²) in [6.45, 7) is 2.42. The summed E-state index contributed by atoms with van der Waals surface area (Å²) in [6, 6.07) is 10.6. The number of guanidine groups is 1. The second-order valence-corrected chi connectivity index (χ2v) is 8.68. The van der Waals surface area contributed by atoms with Crippen LogP contribution in [0.3, 0.4) is 0 Å². The van der Waals surface area contributed by atoms with Crippen molar-refractivity contribution in [3.8, 4) is 5.75 Å². The molecule has 35 heavy (non-hydrogen) atoms. The van der Waals surface area contributed by atoms with Gasteiger partial charge in [0.1, 0.15) is 12.3 Å². The molecular formula is C24H34F3N7O.